The fourth-order valence-corrected chi connectivity index (χ4v) is 2.63. The molecule has 1 aromatic rings. The number of hydrogen-bond donors (Lipinski definition) is 1. The number of nitrogens with one attached hydrogen (secondary N) is 1. The normalized spacial score (nSPS) is 22.6. The second kappa shape index (κ2) is 5.71. The second-order valence-electron chi connectivity index (χ2n) is 5.54. The number of ether oxygens (including phenoxy) is 2. The van der Waals surface area contributed by atoms with Gasteiger partial charge < -0.3 is 19.3 Å². The Bertz CT molecular complexity index is 484. The van der Waals surface area contributed by atoms with Crippen LogP contribution in [0.1, 0.15) is 6.42 Å². The highest BCUT2D eigenvalue weighted by Crippen LogP contribution is 2.31. The molecule has 2 aliphatic rings. The third-order valence-electron chi connectivity index (χ3n) is 3.94. The lowest BCUT2D eigenvalue weighted by atomic mass is 10.2. The van der Waals surface area contributed by atoms with E-state index in [4.69, 9.17) is 9.47 Å². The van der Waals surface area contributed by atoms with Crippen LogP contribution in [0.4, 0.5) is 0 Å². The van der Waals surface area contributed by atoms with Crippen LogP contribution in [0.25, 0.3) is 0 Å². The molecule has 0 bridgehead atoms. The lowest BCUT2D eigenvalue weighted by molar-refractivity contribution is -0.883. The van der Waals surface area contributed by atoms with Crippen LogP contribution < -0.4 is 14.4 Å². The first kappa shape index (κ1) is 13.2. The summed E-state index contributed by atoms with van der Waals surface area (Å²) in [4.78, 5) is 15.7. The van der Waals surface area contributed by atoms with Crippen molar-refractivity contribution < 1.29 is 19.2 Å². The summed E-state index contributed by atoms with van der Waals surface area (Å²) in [6.45, 7) is 4.18. The molecule has 0 radical (unpaired) electrons. The lowest BCUT2D eigenvalue weighted by Crippen LogP contribution is -3.12. The molecular weight excluding hydrogens is 256 g/mol. The summed E-state index contributed by atoms with van der Waals surface area (Å²) < 4.78 is 11.5. The topological polar surface area (TPSA) is 43.2 Å². The summed E-state index contributed by atoms with van der Waals surface area (Å²) in [5.74, 6) is 1.67. The largest absolute Gasteiger partial charge is 0.486 e. The molecule has 1 aromatic carbocycles. The SMILES string of the molecule is C[NH+]1CCN(C(=O)C[C@@H]2COc3ccccc3O2)CC1. The van der Waals surface area contributed by atoms with Gasteiger partial charge in [-0.05, 0) is 12.1 Å². The van der Waals surface area contributed by atoms with Crippen LogP contribution in [0.3, 0.4) is 0 Å². The van der Waals surface area contributed by atoms with E-state index in [9.17, 15) is 4.79 Å². The molecule has 0 aliphatic carbocycles. The first-order valence-corrected chi connectivity index (χ1v) is 7.20. The monoisotopic (exact) mass is 277 g/mol. The van der Waals surface area contributed by atoms with E-state index in [1.165, 1.54) is 4.90 Å². The van der Waals surface area contributed by atoms with Crippen LogP contribution in [0.15, 0.2) is 24.3 Å². The molecular formula is C15H21N2O3+. The van der Waals surface area contributed by atoms with Crippen molar-refractivity contribution in [1.29, 1.82) is 0 Å². The van der Waals surface area contributed by atoms with Crippen molar-refractivity contribution in [2.45, 2.75) is 12.5 Å². The number of amides is 1. The number of rotatable bonds is 2. The maximum absolute atomic E-state index is 12.3. The van der Waals surface area contributed by atoms with Gasteiger partial charge in [0.1, 0.15) is 12.7 Å². The standard InChI is InChI=1S/C15H20N2O3/c1-16-6-8-17(9-7-16)15(18)10-12-11-19-13-4-2-3-5-14(13)20-12/h2-5,12H,6-11H2,1H3/p+1/t12-/m1/s1. The lowest BCUT2D eigenvalue weighted by Gasteiger charge is -2.32. The third-order valence-corrected chi connectivity index (χ3v) is 3.94. The Kier molecular flexibility index (Phi) is 3.78. The van der Waals surface area contributed by atoms with Crippen LogP contribution in [0.2, 0.25) is 0 Å². The number of carbonyl (C=O) groups excluding carboxylic acids is 1. The Balaban J connectivity index is 1.55. The van der Waals surface area contributed by atoms with Gasteiger partial charge in [-0.25, -0.2) is 0 Å². The minimum atomic E-state index is -0.176. The first-order valence-electron chi connectivity index (χ1n) is 7.20. The zero-order valence-electron chi connectivity index (χ0n) is 11.8. The molecule has 5 heteroatoms. The highest BCUT2D eigenvalue weighted by molar-refractivity contribution is 5.76. The molecule has 2 aliphatic heterocycles. The van der Waals surface area contributed by atoms with Crippen LogP contribution in [-0.2, 0) is 4.79 Å². The number of para-hydroxylation sites is 2. The average molecular weight is 277 g/mol. The number of likely N-dealkylation sites (N-methyl/N-ethyl adjacent to an activating group) is 1. The molecule has 0 aromatic heterocycles. The Morgan fingerprint density at radius 3 is 2.75 bits per heavy atom. The van der Waals surface area contributed by atoms with Gasteiger partial charge in [0.05, 0.1) is 39.6 Å². The molecule has 1 saturated heterocycles. The summed E-state index contributed by atoms with van der Waals surface area (Å²) in [7, 11) is 2.16. The van der Waals surface area contributed by atoms with Gasteiger partial charge in [-0.2, -0.15) is 0 Å². The molecule has 0 spiro atoms. The van der Waals surface area contributed by atoms with Gasteiger partial charge in [-0.15, -0.1) is 0 Å². The van der Waals surface area contributed by atoms with Crippen molar-refractivity contribution in [2.75, 3.05) is 39.8 Å². The molecule has 5 nitrogen and oxygen atoms in total. The van der Waals surface area contributed by atoms with Gasteiger partial charge in [0.25, 0.3) is 0 Å². The number of piperazine rings is 1. The molecule has 0 unspecified atom stereocenters. The van der Waals surface area contributed by atoms with Gasteiger partial charge in [0, 0.05) is 0 Å². The fraction of sp³-hybridized carbons (Fsp3) is 0.533. The van der Waals surface area contributed by atoms with Crippen LogP contribution >= 0.6 is 0 Å². The molecule has 108 valence electrons. The number of fused-ring (bicyclic) bond motifs is 1. The van der Waals surface area contributed by atoms with Crippen molar-refractivity contribution in [3.05, 3.63) is 24.3 Å². The van der Waals surface area contributed by atoms with Gasteiger partial charge in [0.15, 0.2) is 11.5 Å². The third kappa shape index (κ3) is 2.88. The molecule has 3 rings (SSSR count). The maximum Gasteiger partial charge on any atom is 0.226 e. The molecule has 1 amide bonds. The van der Waals surface area contributed by atoms with Crippen LogP contribution in [0, 0.1) is 0 Å². The van der Waals surface area contributed by atoms with E-state index < -0.39 is 0 Å². The van der Waals surface area contributed by atoms with Gasteiger partial charge in [-0.1, -0.05) is 12.1 Å². The van der Waals surface area contributed by atoms with Crippen molar-refractivity contribution in [2.24, 2.45) is 0 Å². The Morgan fingerprint density at radius 2 is 2.00 bits per heavy atom. The van der Waals surface area contributed by atoms with E-state index in [1.807, 2.05) is 29.2 Å². The number of hydrogen-bond acceptors (Lipinski definition) is 3. The predicted molar refractivity (Wildman–Crippen MR) is 74.2 cm³/mol. The molecule has 1 N–H and O–H groups in total. The second-order valence-corrected chi connectivity index (χ2v) is 5.54. The van der Waals surface area contributed by atoms with E-state index in [2.05, 4.69) is 7.05 Å². The van der Waals surface area contributed by atoms with Crippen LogP contribution in [0.5, 0.6) is 11.5 Å². The summed E-state index contributed by atoms with van der Waals surface area (Å²) in [5, 5.41) is 0. The molecule has 1 atom stereocenters. The zero-order valence-corrected chi connectivity index (χ0v) is 11.8. The first-order chi connectivity index (χ1) is 9.72. The number of benzene rings is 1. The quantitative estimate of drug-likeness (QED) is 0.798. The van der Waals surface area contributed by atoms with Crippen molar-refractivity contribution in [3.8, 4) is 11.5 Å². The summed E-state index contributed by atoms with van der Waals surface area (Å²) >= 11 is 0. The predicted octanol–water partition coefficient (Wildman–Crippen LogP) is -0.427. The minimum Gasteiger partial charge on any atom is -0.486 e. The maximum atomic E-state index is 12.3. The number of quaternary nitrogens is 1. The molecule has 0 saturated carbocycles. The van der Waals surface area contributed by atoms with Crippen molar-refractivity contribution >= 4 is 5.91 Å². The Hall–Kier alpha value is -1.75. The highest BCUT2D eigenvalue weighted by atomic mass is 16.6. The number of nitrogens with zero attached hydrogens (tertiary/aromatic N) is 1. The minimum absolute atomic E-state index is 0.172. The van der Waals surface area contributed by atoms with E-state index in [0.29, 0.717) is 13.0 Å². The van der Waals surface area contributed by atoms with Crippen molar-refractivity contribution in [3.63, 3.8) is 0 Å². The smallest absolute Gasteiger partial charge is 0.226 e. The summed E-state index contributed by atoms with van der Waals surface area (Å²) in [5.41, 5.74) is 0. The van der Waals surface area contributed by atoms with Crippen LogP contribution in [-0.4, -0.2) is 56.7 Å². The van der Waals surface area contributed by atoms with Gasteiger partial charge in [0.2, 0.25) is 5.91 Å². The van der Waals surface area contributed by atoms with E-state index in [0.717, 1.165) is 37.7 Å². The highest BCUT2D eigenvalue weighted by Gasteiger charge is 2.27. The number of carbonyl (C=O) groups is 1. The van der Waals surface area contributed by atoms with Crippen molar-refractivity contribution in [1.82, 2.24) is 4.90 Å². The summed E-state index contributed by atoms with van der Waals surface area (Å²) in [6.07, 6.45) is 0.220. The van der Waals surface area contributed by atoms with Gasteiger partial charge >= 0.3 is 0 Å². The average Bonchev–Trinajstić information content (AvgIpc) is 2.48. The Labute approximate surface area is 119 Å². The molecule has 1 fully saturated rings. The fourth-order valence-electron chi connectivity index (χ4n) is 2.63. The van der Waals surface area contributed by atoms with E-state index >= 15 is 0 Å². The molecule has 2 heterocycles. The van der Waals surface area contributed by atoms with E-state index in [-0.39, 0.29) is 12.0 Å². The Morgan fingerprint density at radius 1 is 1.30 bits per heavy atom. The summed E-state index contributed by atoms with van der Waals surface area (Å²) in [6, 6.07) is 7.59. The van der Waals surface area contributed by atoms with Gasteiger partial charge in [-0.3, -0.25) is 4.79 Å². The zero-order chi connectivity index (χ0) is 13.9. The molecule has 20 heavy (non-hydrogen) atoms. The van der Waals surface area contributed by atoms with E-state index in [1.54, 1.807) is 0 Å².